The number of hydrogen-bond donors (Lipinski definition) is 0. The van der Waals surface area contributed by atoms with Crippen LogP contribution in [0.4, 0.5) is 5.69 Å². The van der Waals surface area contributed by atoms with Gasteiger partial charge in [0, 0.05) is 25.3 Å². The third kappa shape index (κ3) is 4.61. The van der Waals surface area contributed by atoms with Gasteiger partial charge in [0.1, 0.15) is 0 Å². The molecule has 0 N–H and O–H groups in total. The van der Waals surface area contributed by atoms with E-state index in [-0.39, 0.29) is 0 Å². The average molecular weight is 425 g/mol. The average Bonchev–Trinajstić information content (AvgIpc) is 3.11. The van der Waals surface area contributed by atoms with Crippen LogP contribution in [0, 0.1) is 18.6 Å². The SMILES string of the molecule is Cc1ccc(-n2nnn(CN(C)Cc3ccc(N4CCOCC4)cc3)c2=S)cc1C. The minimum atomic E-state index is 0.578. The number of ether oxygens (including phenoxy) is 1. The molecule has 1 aliphatic heterocycles. The molecule has 1 saturated heterocycles. The van der Waals surface area contributed by atoms with Gasteiger partial charge in [0.15, 0.2) is 0 Å². The van der Waals surface area contributed by atoms with Crippen LogP contribution in [0.25, 0.3) is 5.69 Å². The highest BCUT2D eigenvalue weighted by Crippen LogP contribution is 2.18. The molecular weight excluding hydrogens is 396 g/mol. The number of anilines is 1. The fourth-order valence-corrected chi connectivity index (χ4v) is 3.84. The lowest BCUT2D eigenvalue weighted by molar-refractivity contribution is 0.122. The standard InChI is InChI=1S/C22H28N6OS/c1-17-4-7-21(14-18(17)2)28-22(30)27(23-24-28)16-25(3)15-19-5-8-20(9-6-19)26-10-12-29-13-11-26/h4-9,14H,10-13,15-16H2,1-3H3. The minimum absolute atomic E-state index is 0.578. The van der Waals surface area contributed by atoms with E-state index in [1.807, 2.05) is 6.07 Å². The maximum Gasteiger partial charge on any atom is 0.221 e. The van der Waals surface area contributed by atoms with E-state index in [4.69, 9.17) is 17.0 Å². The summed E-state index contributed by atoms with van der Waals surface area (Å²) in [6.07, 6.45) is 0. The summed E-state index contributed by atoms with van der Waals surface area (Å²) < 4.78 is 9.49. The van der Waals surface area contributed by atoms with E-state index in [0.717, 1.165) is 38.5 Å². The van der Waals surface area contributed by atoms with Gasteiger partial charge in [-0.3, -0.25) is 4.90 Å². The van der Waals surface area contributed by atoms with Crippen LogP contribution in [-0.4, -0.2) is 58.0 Å². The second-order valence-corrected chi connectivity index (χ2v) is 8.23. The van der Waals surface area contributed by atoms with Crippen LogP contribution in [0.1, 0.15) is 16.7 Å². The van der Waals surface area contributed by atoms with Crippen LogP contribution in [0.15, 0.2) is 42.5 Å². The molecule has 0 saturated carbocycles. The highest BCUT2D eigenvalue weighted by atomic mass is 32.1. The van der Waals surface area contributed by atoms with E-state index in [1.54, 1.807) is 9.36 Å². The van der Waals surface area contributed by atoms with Crippen molar-refractivity contribution in [3.63, 3.8) is 0 Å². The molecule has 1 aliphatic rings. The van der Waals surface area contributed by atoms with E-state index in [0.29, 0.717) is 11.4 Å². The largest absolute Gasteiger partial charge is 0.378 e. The number of tetrazole rings is 1. The Kier molecular flexibility index (Phi) is 6.26. The van der Waals surface area contributed by atoms with Crippen molar-refractivity contribution < 1.29 is 4.74 Å². The topological polar surface area (TPSA) is 51.4 Å². The van der Waals surface area contributed by atoms with Crippen molar-refractivity contribution in [1.29, 1.82) is 0 Å². The number of nitrogens with zero attached hydrogens (tertiary/aromatic N) is 6. The first-order valence-electron chi connectivity index (χ1n) is 10.2. The molecule has 0 bridgehead atoms. The number of morpholine rings is 1. The Morgan fingerprint density at radius 1 is 0.967 bits per heavy atom. The van der Waals surface area contributed by atoms with Crippen molar-refractivity contribution in [2.24, 2.45) is 0 Å². The van der Waals surface area contributed by atoms with Gasteiger partial charge in [-0.1, -0.05) is 18.2 Å². The highest BCUT2D eigenvalue weighted by molar-refractivity contribution is 7.71. The normalized spacial score (nSPS) is 14.5. The second kappa shape index (κ2) is 9.07. The van der Waals surface area contributed by atoms with Gasteiger partial charge in [-0.25, -0.2) is 4.68 Å². The predicted molar refractivity (Wildman–Crippen MR) is 121 cm³/mol. The molecule has 1 aromatic heterocycles. The van der Waals surface area contributed by atoms with Gasteiger partial charge in [0.2, 0.25) is 4.77 Å². The lowest BCUT2D eigenvalue weighted by atomic mass is 10.1. The quantitative estimate of drug-likeness (QED) is 0.566. The maximum absolute atomic E-state index is 5.61. The van der Waals surface area contributed by atoms with Crippen LogP contribution in [0.3, 0.4) is 0 Å². The molecule has 158 valence electrons. The first-order valence-corrected chi connectivity index (χ1v) is 10.6. The van der Waals surface area contributed by atoms with E-state index in [9.17, 15) is 0 Å². The summed E-state index contributed by atoms with van der Waals surface area (Å²) in [4.78, 5) is 4.54. The first-order chi connectivity index (χ1) is 14.5. The lowest BCUT2D eigenvalue weighted by Gasteiger charge is -2.29. The summed E-state index contributed by atoms with van der Waals surface area (Å²) in [6, 6.07) is 14.9. The summed E-state index contributed by atoms with van der Waals surface area (Å²) in [5.74, 6) is 0. The summed E-state index contributed by atoms with van der Waals surface area (Å²) >= 11 is 5.61. The molecule has 30 heavy (non-hydrogen) atoms. The molecule has 1 fully saturated rings. The van der Waals surface area contributed by atoms with Crippen LogP contribution in [-0.2, 0) is 18.0 Å². The number of rotatable bonds is 6. The molecule has 2 heterocycles. The van der Waals surface area contributed by atoms with Gasteiger partial charge >= 0.3 is 0 Å². The molecule has 2 aromatic carbocycles. The Labute approximate surface area is 182 Å². The highest BCUT2D eigenvalue weighted by Gasteiger charge is 2.12. The molecule has 7 nitrogen and oxygen atoms in total. The maximum atomic E-state index is 5.61. The van der Waals surface area contributed by atoms with Crippen LogP contribution < -0.4 is 4.90 Å². The van der Waals surface area contributed by atoms with E-state index >= 15 is 0 Å². The van der Waals surface area contributed by atoms with Gasteiger partial charge < -0.3 is 9.64 Å². The molecule has 3 aromatic rings. The Morgan fingerprint density at radius 2 is 1.67 bits per heavy atom. The van der Waals surface area contributed by atoms with Gasteiger partial charge in [0.25, 0.3) is 0 Å². The first kappa shape index (κ1) is 20.7. The Morgan fingerprint density at radius 3 is 2.37 bits per heavy atom. The summed E-state index contributed by atoms with van der Waals surface area (Å²) in [5.41, 5.74) is 5.90. The minimum Gasteiger partial charge on any atom is -0.378 e. The lowest BCUT2D eigenvalue weighted by Crippen LogP contribution is -2.36. The Balaban J connectivity index is 1.40. The van der Waals surface area contributed by atoms with Crippen molar-refractivity contribution >= 4 is 17.9 Å². The Hall–Kier alpha value is -2.55. The fourth-order valence-electron chi connectivity index (χ4n) is 3.61. The van der Waals surface area contributed by atoms with Crippen molar-refractivity contribution in [3.8, 4) is 5.69 Å². The van der Waals surface area contributed by atoms with Crippen molar-refractivity contribution in [2.45, 2.75) is 27.1 Å². The van der Waals surface area contributed by atoms with Gasteiger partial charge in [-0.2, -0.15) is 4.68 Å². The monoisotopic (exact) mass is 424 g/mol. The third-order valence-electron chi connectivity index (χ3n) is 5.51. The predicted octanol–water partition coefficient (Wildman–Crippen LogP) is 3.34. The second-order valence-electron chi connectivity index (χ2n) is 7.86. The number of aryl methyl sites for hydroxylation is 2. The molecule has 8 heteroatoms. The zero-order valence-electron chi connectivity index (χ0n) is 17.8. The van der Waals surface area contributed by atoms with Gasteiger partial charge in [-0.15, -0.1) is 0 Å². The molecule has 0 atom stereocenters. The number of hydrogen-bond acceptors (Lipinski definition) is 6. The van der Waals surface area contributed by atoms with Crippen molar-refractivity contribution in [3.05, 3.63) is 63.9 Å². The summed E-state index contributed by atoms with van der Waals surface area (Å²) in [7, 11) is 2.06. The zero-order valence-corrected chi connectivity index (χ0v) is 18.6. The third-order valence-corrected chi connectivity index (χ3v) is 5.90. The summed E-state index contributed by atoms with van der Waals surface area (Å²) in [5, 5.41) is 8.53. The number of aromatic nitrogens is 4. The van der Waals surface area contributed by atoms with E-state index in [1.165, 1.54) is 22.4 Å². The molecule has 0 spiro atoms. The van der Waals surface area contributed by atoms with Crippen molar-refractivity contribution in [2.75, 3.05) is 38.3 Å². The molecule has 0 aliphatic carbocycles. The molecule has 0 unspecified atom stereocenters. The zero-order chi connectivity index (χ0) is 21.1. The van der Waals surface area contributed by atoms with Gasteiger partial charge in [0.05, 0.1) is 25.6 Å². The smallest absolute Gasteiger partial charge is 0.221 e. The molecular formula is C22H28N6OS. The Bertz CT molecular complexity index is 1050. The van der Waals surface area contributed by atoms with Gasteiger partial charge in [-0.05, 0) is 84.5 Å². The molecule has 4 rings (SSSR count). The van der Waals surface area contributed by atoms with E-state index in [2.05, 4.69) is 77.5 Å². The summed E-state index contributed by atoms with van der Waals surface area (Å²) in [6.45, 7) is 9.07. The molecule has 0 radical (unpaired) electrons. The van der Waals surface area contributed by atoms with E-state index < -0.39 is 0 Å². The fraction of sp³-hybridized carbons (Fsp3) is 0.409. The van der Waals surface area contributed by atoms with Crippen LogP contribution in [0.2, 0.25) is 0 Å². The van der Waals surface area contributed by atoms with Crippen LogP contribution in [0.5, 0.6) is 0 Å². The van der Waals surface area contributed by atoms with Crippen LogP contribution >= 0.6 is 12.2 Å². The molecule has 0 amide bonds. The van der Waals surface area contributed by atoms with Crippen molar-refractivity contribution in [1.82, 2.24) is 24.7 Å². The number of benzene rings is 2.